The van der Waals surface area contributed by atoms with Crippen molar-refractivity contribution >= 4 is 6.21 Å². The van der Waals surface area contributed by atoms with Crippen molar-refractivity contribution in [2.45, 2.75) is 6.92 Å². The number of hydrogen-bond acceptors (Lipinski definition) is 2. The molecule has 0 radical (unpaired) electrons. The van der Waals surface area contributed by atoms with Crippen molar-refractivity contribution in [3.63, 3.8) is 0 Å². The molecule has 0 aliphatic carbocycles. The van der Waals surface area contributed by atoms with E-state index < -0.39 is 0 Å². The molecule has 0 aromatic rings. The number of methoxy groups -OCH3 is 1. The molecule has 0 heterocycles. The second kappa shape index (κ2) is 4.37. The summed E-state index contributed by atoms with van der Waals surface area (Å²) < 4.78 is 4.85. The molecule has 8 heavy (non-hydrogen) atoms. The molecule has 0 N–H and O–H groups in total. The van der Waals surface area contributed by atoms with E-state index in [9.17, 15) is 0 Å². The maximum absolute atomic E-state index is 4.85. The van der Waals surface area contributed by atoms with Gasteiger partial charge in [0.05, 0.1) is 13.3 Å². The number of allylic oxidation sites excluding steroid dienone is 2. The van der Waals surface area contributed by atoms with Gasteiger partial charge in [0.2, 0.25) is 0 Å². The molecule has 0 aromatic heterocycles. The summed E-state index contributed by atoms with van der Waals surface area (Å²) in [4.78, 5) is 3.76. The van der Waals surface area contributed by atoms with Crippen molar-refractivity contribution in [2.24, 2.45) is 4.99 Å². The fourth-order valence-electron chi connectivity index (χ4n) is 0.372. The number of aliphatic imine (C=N–C) groups is 1. The van der Waals surface area contributed by atoms with Crippen LogP contribution >= 0.6 is 0 Å². The smallest absolute Gasteiger partial charge is 0.132 e. The number of nitrogens with zero attached hydrogens (tertiary/aromatic N) is 1. The molecule has 0 aromatic carbocycles. The highest BCUT2D eigenvalue weighted by Crippen LogP contribution is 1.87. The summed E-state index contributed by atoms with van der Waals surface area (Å²) in [5.74, 6) is 0.799. The molecule has 0 saturated carbocycles. The first-order valence-electron chi connectivity index (χ1n) is 2.47. The zero-order chi connectivity index (χ0) is 6.41. The minimum absolute atomic E-state index is 0.799. The Morgan fingerprint density at radius 1 is 1.62 bits per heavy atom. The van der Waals surface area contributed by atoms with Gasteiger partial charge in [-0.3, -0.25) is 4.99 Å². The predicted octanol–water partition coefficient (Wildman–Crippen LogP) is 1.24. The largest absolute Gasteiger partial charge is 0.496 e. The summed E-state index contributed by atoms with van der Waals surface area (Å²) in [5, 5.41) is 0. The number of hydrogen-bond donors (Lipinski definition) is 0. The molecule has 0 aliphatic rings. The Balaban J connectivity index is 3.72. The molecule has 0 unspecified atom stereocenters. The summed E-state index contributed by atoms with van der Waals surface area (Å²) in [5.41, 5.74) is 0. The van der Waals surface area contributed by atoms with Crippen LogP contribution in [0.4, 0.5) is 0 Å². The van der Waals surface area contributed by atoms with Gasteiger partial charge in [-0.2, -0.15) is 0 Å². The quantitative estimate of drug-likeness (QED) is 0.390. The Morgan fingerprint density at radius 3 is 2.38 bits per heavy atom. The average Bonchev–Trinajstić information content (AvgIpc) is 1.83. The van der Waals surface area contributed by atoms with Gasteiger partial charge in [-0.05, 0) is 13.0 Å². The van der Waals surface area contributed by atoms with Crippen molar-refractivity contribution in [2.75, 3.05) is 14.2 Å². The first kappa shape index (κ1) is 7.21. The molecule has 2 heteroatoms. The Hall–Kier alpha value is -0.790. The zero-order valence-corrected chi connectivity index (χ0v) is 5.51. The second-order valence-corrected chi connectivity index (χ2v) is 1.28. The Bertz CT molecular complexity index is 102. The summed E-state index contributed by atoms with van der Waals surface area (Å²) in [6, 6.07) is 0. The number of rotatable bonds is 2. The van der Waals surface area contributed by atoms with Crippen LogP contribution < -0.4 is 0 Å². The Kier molecular flexibility index (Phi) is 3.94. The van der Waals surface area contributed by atoms with Crippen LogP contribution in [0.2, 0.25) is 0 Å². The van der Waals surface area contributed by atoms with Gasteiger partial charge >= 0.3 is 0 Å². The van der Waals surface area contributed by atoms with Gasteiger partial charge in [0, 0.05) is 7.05 Å². The van der Waals surface area contributed by atoms with Gasteiger partial charge in [0.1, 0.15) is 5.76 Å². The highest BCUT2D eigenvalue weighted by molar-refractivity contribution is 5.75. The van der Waals surface area contributed by atoms with E-state index in [1.807, 2.05) is 13.0 Å². The van der Waals surface area contributed by atoms with Crippen molar-refractivity contribution < 1.29 is 4.74 Å². The van der Waals surface area contributed by atoms with Crippen LogP contribution in [-0.2, 0) is 4.74 Å². The van der Waals surface area contributed by atoms with Gasteiger partial charge in [-0.25, -0.2) is 0 Å². The topological polar surface area (TPSA) is 21.6 Å². The number of ether oxygens (including phenoxy) is 1. The van der Waals surface area contributed by atoms with Gasteiger partial charge in [0.25, 0.3) is 0 Å². The second-order valence-electron chi connectivity index (χ2n) is 1.28. The molecule has 0 spiro atoms. The molecule has 0 atom stereocenters. The lowest BCUT2D eigenvalue weighted by Gasteiger charge is -1.94. The average molecular weight is 113 g/mol. The van der Waals surface area contributed by atoms with E-state index in [1.54, 1.807) is 20.4 Å². The molecule has 0 fully saturated rings. The Labute approximate surface area is 49.9 Å². The van der Waals surface area contributed by atoms with Gasteiger partial charge < -0.3 is 4.74 Å². The molecular formula is C6H11NO. The molecule has 46 valence electrons. The van der Waals surface area contributed by atoms with Gasteiger partial charge in [-0.15, -0.1) is 0 Å². The van der Waals surface area contributed by atoms with Crippen molar-refractivity contribution in [3.05, 3.63) is 11.8 Å². The molecule has 0 aliphatic heterocycles. The fourth-order valence-corrected chi connectivity index (χ4v) is 0.372. The molecule has 0 rings (SSSR count). The molecular weight excluding hydrogens is 102 g/mol. The maximum atomic E-state index is 4.85. The molecule has 2 nitrogen and oxygen atoms in total. The molecule has 0 saturated heterocycles. The Morgan fingerprint density at radius 2 is 2.25 bits per heavy atom. The summed E-state index contributed by atoms with van der Waals surface area (Å²) in [6.45, 7) is 1.90. The normalized spacial score (nSPS) is 12.6. The summed E-state index contributed by atoms with van der Waals surface area (Å²) in [6.07, 6.45) is 3.52. The monoisotopic (exact) mass is 113 g/mol. The van der Waals surface area contributed by atoms with Crippen molar-refractivity contribution in [1.29, 1.82) is 0 Å². The van der Waals surface area contributed by atoms with Gasteiger partial charge in [0.15, 0.2) is 0 Å². The van der Waals surface area contributed by atoms with Crippen molar-refractivity contribution in [1.82, 2.24) is 0 Å². The standard InChI is InChI=1S/C6H11NO/c1-4-6(8-3)5-7-2/h4-5H,1-3H3. The van der Waals surface area contributed by atoms with E-state index in [0.717, 1.165) is 5.76 Å². The highest BCUT2D eigenvalue weighted by atomic mass is 16.5. The zero-order valence-electron chi connectivity index (χ0n) is 5.51. The molecule has 0 bridgehead atoms. The van der Waals surface area contributed by atoms with Crippen LogP contribution in [0.1, 0.15) is 6.92 Å². The van der Waals surface area contributed by atoms with E-state index in [0.29, 0.717) is 0 Å². The van der Waals surface area contributed by atoms with E-state index in [2.05, 4.69) is 4.99 Å². The summed E-state index contributed by atoms with van der Waals surface area (Å²) in [7, 11) is 3.33. The van der Waals surface area contributed by atoms with Crippen LogP contribution in [0, 0.1) is 0 Å². The fraction of sp³-hybridized carbons (Fsp3) is 0.500. The van der Waals surface area contributed by atoms with Crippen LogP contribution in [0.3, 0.4) is 0 Å². The van der Waals surface area contributed by atoms with Crippen LogP contribution in [0.5, 0.6) is 0 Å². The van der Waals surface area contributed by atoms with Crippen LogP contribution in [-0.4, -0.2) is 20.4 Å². The van der Waals surface area contributed by atoms with E-state index in [-0.39, 0.29) is 0 Å². The predicted molar refractivity (Wildman–Crippen MR) is 35.2 cm³/mol. The highest BCUT2D eigenvalue weighted by Gasteiger charge is 1.81. The lowest BCUT2D eigenvalue weighted by Crippen LogP contribution is -1.85. The summed E-state index contributed by atoms with van der Waals surface area (Å²) >= 11 is 0. The third kappa shape index (κ3) is 2.39. The minimum atomic E-state index is 0.799. The minimum Gasteiger partial charge on any atom is -0.496 e. The third-order valence-corrected chi connectivity index (χ3v) is 0.777. The first-order valence-corrected chi connectivity index (χ1v) is 2.47. The first-order chi connectivity index (χ1) is 3.85. The SMILES string of the molecule is CC=C(C=NC)OC. The van der Waals surface area contributed by atoms with Crippen LogP contribution in [0.25, 0.3) is 0 Å². The van der Waals surface area contributed by atoms with Crippen LogP contribution in [0.15, 0.2) is 16.8 Å². The maximum Gasteiger partial charge on any atom is 0.132 e. The van der Waals surface area contributed by atoms with Crippen molar-refractivity contribution in [3.8, 4) is 0 Å². The third-order valence-electron chi connectivity index (χ3n) is 0.777. The van der Waals surface area contributed by atoms with E-state index in [1.165, 1.54) is 0 Å². The van der Waals surface area contributed by atoms with E-state index >= 15 is 0 Å². The lowest BCUT2D eigenvalue weighted by molar-refractivity contribution is 0.316. The van der Waals surface area contributed by atoms with E-state index in [4.69, 9.17) is 4.74 Å². The molecule has 0 amide bonds. The lowest BCUT2D eigenvalue weighted by atomic mass is 10.5. The van der Waals surface area contributed by atoms with Gasteiger partial charge in [-0.1, -0.05) is 0 Å².